The van der Waals surface area contributed by atoms with Gasteiger partial charge in [0.1, 0.15) is 11.3 Å². The van der Waals surface area contributed by atoms with Gasteiger partial charge in [0.15, 0.2) is 17.0 Å². The van der Waals surface area contributed by atoms with Gasteiger partial charge >= 0.3 is 6.18 Å². The normalized spacial score (nSPS) is 20.3. The summed E-state index contributed by atoms with van der Waals surface area (Å²) in [5.41, 5.74) is 0.677. The highest BCUT2D eigenvalue weighted by atomic mass is 32.1. The zero-order valence-electron chi connectivity index (χ0n) is 16.2. The van der Waals surface area contributed by atoms with Crippen molar-refractivity contribution >= 4 is 40.5 Å². The number of benzene rings is 2. The molecule has 31 heavy (non-hydrogen) atoms. The number of para-hydroxylation sites is 1. The van der Waals surface area contributed by atoms with Crippen molar-refractivity contribution < 1.29 is 27.2 Å². The lowest BCUT2D eigenvalue weighted by Crippen LogP contribution is -2.60. The minimum absolute atomic E-state index is 0.271. The minimum Gasteiger partial charge on any atom is -0.365 e. The van der Waals surface area contributed by atoms with Crippen LogP contribution in [0.4, 0.5) is 28.9 Å². The summed E-state index contributed by atoms with van der Waals surface area (Å²) in [4.78, 5) is 24.8. The van der Waals surface area contributed by atoms with Gasteiger partial charge in [0, 0.05) is 38.2 Å². The van der Waals surface area contributed by atoms with Gasteiger partial charge in [-0.15, -0.1) is 0 Å². The molecule has 1 unspecified atom stereocenters. The summed E-state index contributed by atoms with van der Waals surface area (Å²) in [5.74, 6) is -2.76. The summed E-state index contributed by atoms with van der Waals surface area (Å²) < 4.78 is 55.1. The van der Waals surface area contributed by atoms with Crippen molar-refractivity contribution in [1.29, 1.82) is 5.26 Å². The molecule has 2 amide bonds. The van der Waals surface area contributed by atoms with E-state index in [0.717, 1.165) is 18.2 Å². The van der Waals surface area contributed by atoms with Gasteiger partial charge in [0.25, 0.3) is 16.9 Å². The lowest BCUT2D eigenvalue weighted by Gasteiger charge is -2.41. The number of hydrogen-bond acceptors (Lipinski definition) is 4. The number of rotatable bonds is 3. The predicted octanol–water partition coefficient (Wildman–Crippen LogP) is 3.65. The number of quaternary nitrogens is 1. The fraction of sp³-hybridized carbons (Fsp3) is 0.200. The molecule has 11 heteroatoms. The Morgan fingerprint density at radius 2 is 1.90 bits per heavy atom. The second-order valence-electron chi connectivity index (χ2n) is 7.33. The maximum atomic E-state index is 15.2. The molecular formula is C20H15F4N4O2S+. The number of nitrogens with zero attached hydrogens (tertiary/aromatic N) is 2. The zero-order valence-corrected chi connectivity index (χ0v) is 17.0. The second kappa shape index (κ2) is 7.11. The predicted molar refractivity (Wildman–Crippen MR) is 107 cm³/mol. The van der Waals surface area contributed by atoms with Gasteiger partial charge in [-0.25, -0.2) is 4.39 Å². The Hall–Kier alpha value is -3.36. The third kappa shape index (κ3) is 3.07. The Kier molecular flexibility index (Phi) is 5.12. The smallest absolute Gasteiger partial charge is 0.365 e. The molecule has 1 fully saturated rings. The topological polar surface area (TPSA) is 96.0 Å². The SMILES string of the molecule is CC1(C)C(=O)NC(=S)[N+]1(c1ccc(C#N)c(C(F)(F)F)c1)c1c(F)cccc1C(N)=O. The molecule has 2 aromatic rings. The molecule has 3 rings (SSSR count). The average Bonchev–Trinajstić information content (AvgIpc) is 2.85. The van der Waals surface area contributed by atoms with Crippen LogP contribution in [0.25, 0.3) is 0 Å². The van der Waals surface area contributed by atoms with Crippen molar-refractivity contribution in [2.75, 3.05) is 0 Å². The third-order valence-electron chi connectivity index (χ3n) is 5.32. The summed E-state index contributed by atoms with van der Waals surface area (Å²) in [5, 5.41) is 11.1. The Labute approximate surface area is 179 Å². The first-order valence-corrected chi connectivity index (χ1v) is 9.17. The lowest BCUT2D eigenvalue weighted by atomic mass is 9.93. The van der Waals surface area contributed by atoms with E-state index in [9.17, 15) is 22.8 Å². The number of nitriles is 1. The fourth-order valence-electron chi connectivity index (χ4n) is 3.82. The molecule has 0 radical (unpaired) electrons. The van der Waals surface area contributed by atoms with E-state index in [-0.39, 0.29) is 16.4 Å². The molecule has 160 valence electrons. The number of halogens is 4. The molecule has 1 aliphatic heterocycles. The van der Waals surface area contributed by atoms with Crippen LogP contribution in [-0.2, 0) is 11.0 Å². The third-order valence-corrected chi connectivity index (χ3v) is 5.70. The Bertz CT molecular complexity index is 1190. The van der Waals surface area contributed by atoms with Crippen molar-refractivity contribution in [3.63, 3.8) is 0 Å². The van der Waals surface area contributed by atoms with Crippen molar-refractivity contribution in [3.8, 4) is 6.07 Å². The van der Waals surface area contributed by atoms with Crippen molar-refractivity contribution in [2.24, 2.45) is 5.73 Å². The highest BCUT2D eigenvalue weighted by Gasteiger charge is 2.64. The summed E-state index contributed by atoms with van der Waals surface area (Å²) in [6.45, 7) is 2.70. The maximum Gasteiger partial charge on any atom is 0.417 e. The number of nitrogens with one attached hydrogen (secondary N) is 1. The van der Waals surface area contributed by atoms with E-state index in [1.54, 1.807) is 0 Å². The Morgan fingerprint density at radius 3 is 2.39 bits per heavy atom. The van der Waals surface area contributed by atoms with Crippen LogP contribution in [0.3, 0.4) is 0 Å². The highest BCUT2D eigenvalue weighted by molar-refractivity contribution is 7.80. The molecule has 1 heterocycles. The van der Waals surface area contributed by atoms with Crippen LogP contribution >= 0.6 is 12.2 Å². The van der Waals surface area contributed by atoms with Crippen LogP contribution in [0.15, 0.2) is 36.4 Å². The molecule has 0 saturated carbocycles. The number of alkyl halides is 3. The largest absolute Gasteiger partial charge is 0.417 e. The molecule has 1 saturated heterocycles. The second-order valence-corrected chi connectivity index (χ2v) is 7.72. The Balaban J connectivity index is 2.55. The van der Waals surface area contributed by atoms with E-state index in [1.165, 1.54) is 32.0 Å². The fourth-order valence-corrected chi connectivity index (χ4v) is 4.34. The molecule has 0 spiro atoms. The molecule has 3 N–H and O–H groups in total. The molecule has 1 atom stereocenters. The summed E-state index contributed by atoms with van der Waals surface area (Å²) in [7, 11) is 0. The van der Waals surface area contributed by atoms with Crippen LogP contribution in [0.5, 0.6) is 0 Å². The molecule has 2 aromatic carbocycles. The van der Waals surface area contributed by atoms with Gasteiger partial charge in [0.05, 0.1) is 17.2 Å². The number of amides is 2. The molecule has 0 bridgehead atoms. The van der Waals surface area contributed by atoms with Crippen LogP contribution in [0.1, 0.15) is 35.3 Å². The monoisotopic (exact) mass is 451 g/mol. The Morgan fingerprint density at radius 1 is 1.26 bits per heavy atom. The number of carbonyl (C=O) groups excluding carboxylic acids is 2. The van der Waals surface area contributed by atoms with E-state index in [4.69, 9.17) is 23.2 Å². The van der Waals surface area contributed by atoms with Gasteiger partial charge < -0.3 is 5.73 Å². The van der Waals surface area contributed by atoms with Gasteiger partial charge in [-0.3, -0.25) is 14.9 Å². The molecule has 6 nitrogen and oxygen atoms in total. The molecular weight excluding hydrogens is 436 g/mol. The number of hydrogen-bond donors (Lipinski definition) is 2. The van der Waals surface area contributed by atoms with Crippen LogP contribution in [0, 0.1) is 17.1 Å². The lowest BCUT2D eigenvalue weighted by molar-refractivity contribution is -0.137. The quantitative estimate of drug-likeness (QED) is 0.423. The number of carbonyl (C=O) groups is 2. The number of thiocarbonyl (C=S) groups is 1. The molecule has 1 aliphatic rings. The van der Waals surface area contributed by atoms with E-state index in [0.29, 0.717) is 6.07 Å². The first-order chi connectivity index (χ1) is 14.3. The van der Waals surface area contributed by atoms with Gasteiger partial charge in [0.2, 0.25) is 0 Å². The minimum atomic E-state index is -4.92. The van der Waals surface area contributed by atoms with Crippen LogP contribution in [0.2, 0.25) is 0 Å². The van der Waals surface area contributed by atoms with Gasteiger partial charge in [-0.1, -0.05) is 6.07 Å². The van der Waals surface area contributed by atoms with E-state index in [1.807, 2.05) is 0 Å². The first-order valence-electron chi connectivity index (χ1n) is 8.76. The van der Waals surface area contributed by atoms with Crippen molar-refractivity contribution in [3.05, 3.63) is 58.9 Å². The highest BCUT2D eigenvalue weighted by Crippen LogP contribution is 2.50. The van der Waals surface area contributed by atoms with Gasteiger partial charge in [-0.2, -0.15) is 22.9 Å². The van der Waals surface area contributed by atoms with Crippen molar-refractivity contribution in [2.45, 2.75) is 25.6 Å². The van der Waals surface area contributed by atoms with Crippen LogP contribution < -0.4 is 15.5 Å². The molecule has 0 aromatic heterocycles. The van der Waals surface area contributed by atoms with E-state index < -0.39 is 50.6 Å². The summed E-state index contributed by atoms with van der Waals surface area (Å²) >= 11 is 5.32. The average molecular weight is 451 g/mol. The summed E-state index contributed by atoms with van der Waals surface area (Å²) in [6, 6.07) is 7.52. The van der Waals surface area contributed by atoms with E-state index >= 15 is 4.39 Å². The van der Waals surface area contributed by atoms with Crippen molar-refractivity contribution in [1.82, 2.24) is 9.80 Å². The standard InChI is InChI=1S/C20H14F4N4O2S/c1-19(2)17(30)27-18(31)28(19,15-12(16(26)29)4-3-5-14(15)21)11-7-6-10(9-25)13(8-11)20(22,23)24/h3-8H,1-2H3,(H2-,26,27,29,30,31)/p+1. The maximum absolute atomic E-state index is 15.2. The zero-order chi connectivity index (χ0) is 23.4. The number of primary amides is 1. The summed E-state index contributed by atoms with van der Waals surface area (Å²) in [6.07, 6.45) is -4.92. The number of nitrogens with two attached hydrogens (primary N) is 1. The van der Waals surface area contributed by atoms with E-state index in [2.05, 4.69) is 5.32 Å². The first kappa shape index (κ1) is 22.3. The van der Waals surface area contributed by atoms with Crippen LogP contribution in [-0.4, -0.2) is 22.5 Å². The molecule has 0 aliphatic carbocycles. The van der Waals surface area contributed by atoms with Gasteiger partial charge in [-0.05, 0) is 18.2 Å².